The molecule has 0 saturated carbocycles. The van der Waals surface area contributed by atoms with Gasteiger partial charge in [0.1, 0.15) is 6.67 Å². The van der Waals surface area contributed by atoms with Crippen LogP contribution >= 0.6 is 0 Å². The third-order valence-electron chi connectivity index (χ3n) is 1.40. The molecular weight excluding hydrogens is 133 g/mol. The molecule has 0 aromatic rings. The molecule has 1 unspecified atom stereocenters. The number of hydrogen-bond donors (Lipinski definition) is 2. The van der Waals surface area contributed by atoms with E-state index < -0.39 is 0 Å². The molecule has 0 aromatic carbocycles. The van der Waals surface area contributed by atoms with Crippen LogP contribution in [-0.2, 0) is 0 Å². The van der Waals surface area contributed by atoms with Gasteiger partial charge in [0.05, 0.1) is 6.10 Å². The van der Waals surface area contributed by atoms with Crippen LogP contribution in [0.4, 0.5) is 4.39 Å². The molecule has 0 radical (unpaired) electrons. The van der Waals surface area contributed by atoms with Crippen molar-refractivity contribution in [3.8, 4) is 0 Å². The highest BCUT2D eigenvalue weighted by Crippen LogP contribution is 1.88. The average Bonchev–Trinajstić information content (AvgIpc) is 1.99. The molecule has 62 valence electrons. The van der Waals surface area contributed by atoms with Crippen LogP contribution in [-0.4, -0.2) is 30.5 Å². The Morgan fingerprint density at radius 2 is 2.20 bits per heavy atom. The van der Waals surface area contributed by atoms with Gasteiger partial charge >= 0.3 is 0 Å². The summed E-state index contributed by atoms with van der Waals surface area (Å²) in [5.41, 5.74) is 0. The normalized spacial score (nSPS) is 16.8. The van der Waals surface area contributed by atoms with Gasteiger partial charge in [-0.25, -0.2) is 4.39 Å². The van der Waals surface area contributed by atoms with Crippen molar-refractivity contribution in [1.82, 2.24) is 5.32 Å². The number of rotatable bonds is 5. The van der Waals surface area contributed by atoms with Gasteiger partial charge in [-0.2, -0.15) is 0 Å². The molecule has 0 aliphatic heterocycles. The van der Waals surface area contributed by atoms with Crippen LogP contribution in [0.15, 0.2) is 0 Å². The summed E-state index contributed by atoms with van der Waals surface area (Å²) in [5.74, 6) is 0. The molecule has 0 rings (SSSR count). The number of nitrogens with one attached hydrogen (secondary N) is 1. The number of aliphatic hydroxyl groups is 1. The average molecular weight is 149 g/mol. The first-order chi connectivity index (χ1) is 4.70. The van der Waals surface area contributed by atoms with Crippen LogP contribution in [0, 0.1) is 0 Å². The van der Waals surface area contributed by atoms with Gasteiger partial charge in [-0.05, 0) is 13.3 Å². The third kappa shape index (κ3) is 4.70. The van der Waals surface area contributed by atoms with Crippen LogP contribution in [0.2, 0.25) is 0 Å². The first kappa shape index (κ1) is 9.85. The Labute approximate surface area is 61.4 Å². The van der Waals surface area contributed by atoms with Crippen molar-refractivity contribution in [2.45, 2.75) is 32.4 Å². The van der Waals surface area contributed by atoms with E-state index in [1.807, 2.05) is 6.92 Å². The number of aliphatic hydroxyl groups excluding tert-OH is 1. The van der Waals surface area contributed by atoms with Gasteiger partial charge in [0, 0.05) is 12.6 Å². The molecule has 0 aromatic heterocycles. The summed E-state index contributed by atoms with van der Waals surface area (Å²) >= 11 is 0. The maximum Gasteiger partial charge on any atom is 0.104 e. The summed E-state index contributed by atoms with van der Waals surface area (Å²) in [4.78, 5) is 0. The lowest BCUT2D eigenvalue weighted by Crippen LogP contribution is -2.34. The fourth-order valence-electron chi connectivity index (χ4n) is 0.536. The summed E-state index contributed by atoms with van der Waals surface area (Å²) in [6, 6.07) is -0.138. The Balaban J connectivity index is 3.17. The second-order valence-electron chi connectivity index (χ2n) is 2.53. The molecule has 0 heterocycles. The first-order valence-corrected chi connectivity index (χ1v) is 3.68. The Bertz CT molecular complexity index is 70.0. The molecule has 0 aliphatic carbocycles. The highest BCUT2D eigenvalue weighted by Gasteiger charge is 2.03. The third-order valence-corrected chi connectivity index (χ3v) is 1.40. The molecule has 10 heavy (non-hydrogen) atoms. The molecule has 0 amide bonds. The van der Waals surface area contributed by atoms with E-state index in [2.05, 4.69) is 5.32 Å². The van der Waals surface area contributed by atoms with E-state index in [1.165, 1.54) is 0 Å². The van der Waals surface area contributed by atoms with Gasteiger partial charge in [-0.1, -0.05) is 6.92 Å². The summed E-state index contributed by atoms with van der Waals surface area (Å²) in [5, 5.41) is 11.9. The molecule has 0 bridgehead atoms. The standard InChI is InChI=1S/C7H16FNO/c1-3-7(10)5-9-6(2)4-8/h6-7,9-10H,3-5H2,1-2H3/t6?,7-/m0/s1. The predicted molar refractivity (Wildman–Crippen MR) is 39.7 cm³/mol. The van der Waals surface area contributed by atoms with Gasteiger partial charge in [-0.15, -0.1) is 0 Å². The lowest BCUT2D eigenvalue weighted by molar-refractivity contribution is 0.161. The molecule has 2 nitrogen and oxygen atoms in total. The molecular formula is C7H16FNO. The second kappa shape index (κ2) is 5.62. The Kier molecular flexibility index (Phi) is 5.54. The van der Waals surface area contributed by atoms with Crippen molar-refractivity contribution in [2.24, 2.45) is 0 Å². The van der Waals surface area contributed by atoms with Gasteiger partial charge in [-0.3, -0.25) is 0 Å². The smallest absolute Gasteiger partial charge is 0.104 e. The van der Waals surface area contributed by atoms with Crippen molar-refractivity contribution in [3.63, 3.8) is 0 Å². The Hall–Kier alpha value is -0.150. The van der Waals surface area contributed by atoms with Crippen LogP contribution in [0.3, 0.4) is 0 Å². The van der Waals surface area contributed by atoms with E-state index in [9.17, 15) is 4.39 Å². The van der Waals surface area contributed by atoms with Crippen molar-refractivity contribution in [1.29, 1.82) is 0 Å². The van der Waals surface area contributed by atoms with E-state index >= 15 is 0 Å². The minimum absolute atomic E-state index is 0.138. The summed E-state index contributed by atoms with van der Waals surface area (Å²) in [6.45, 7) is 3.76. The van der Waals surface area contributed by atoms with Crippen molar-refractivity contribution < 1.29 is 9.50 Å². The van der Waals surface area contributed by atoms with E-state index in [0.717, 1.165) is 0 Å². The van der Waals surface area contributed by atoms with Gasteiger partial charge in [0.15, 0.2) is 0 Å². The van der Waals surface area contributed by atoms with Crippen molar-refractivity contribution in [3.05, 3.63) is 0 Å². The highest BCUT2D eigenvalue weighted by molar-refractivity contribution is 4.62. The van der Waals surface area contributed by atoms with Gasteiger partial charge in [0.25, 0.3) is 0 Å². The van der Waals surface area contributed by atoms with Crippen LogP contribution < -0.4 is 5.32 Å². The topological polar surface area (TPSA) is 32.3 Å². The summed E-state index contributed by atoms with van der Waals surface area (Å²) in [6.07, 6.45) is 0.375. The van der Waals surface area contributed by atoms with Crippen molar-refractivity contribution >= 4 is 0 Å². The SMILES string of the molecule is CC[C@H](O)CNC(C)CF. The highest BCUT2D eigenvalue weighted by atomic mass is 19.1. The predicted octanol–water partition coefficient (Wildman–Crippen LogP) is 0.705. The minimum Gasteiger partial charge on any atom is -0.392 e. The molecule has 0 aliphatic rings. The van der Waals surface area contributed by atoms with Crippen LogP contribution in [0.25, 0.3) is 0 Å². The Morgan fingerprint density at radius 1 is 1.60 bits per heavy atom. The van der Waals surface area contributed by atoms with Crippen LogP contribution in [0.5, 0.6) is 0 Å². The second-order valence-corrected chi connectivity index (χ2v) is 2.53. The largest absolute Gasteiger partial charge is 0.392 e. The molecule has 2 atom stereocenters. The minimum atomic E-state index is -0.379. The molecule has 0 spiro atoms. The quantitative estimate of drug-likeness (QED) is 0.603. The van der Waals surface area contributed by atoms with E-state index in [0.29, 0.717) is 13.0 Å². The maximum absolute atomic E-state index is 11.8. The van der Waals surface area contributed by atoms with Gasteiger partial charge in [0.2, 0.25) is 0 Å². The fourth-order valence-corrected chi connectivity index (χ4v) is 0.536. The number of alkyl halides is 1. The Morgan fingerprint density at radius 3 is 2.60 bits per heavy atom. The summed E-state index contributed by atoms with van der Waals surface area (Å²) < 4.78 is 11.8. The monoisotopic (exact) mass is 149 g/mol. The maximum atomic E-state index is 11.8. The molecule has 0 fully saturated rings. The molecule has 2 N–H and O–H groups in total. The lowest BCUT2D eigenvalue weighted by atomic mass is 10.2. The number of hydrogen-bond acceptors (Lipinski definition) is 2. The zero-order valence-electron chi connectivity index (χ0n) is 6.60. The summed E-state index contributed by atoms with van der Waals surface area (Å²) in [7, 11) is 0. The molecule has 0 saturated heterocycles. The van der Waals surface area contributed by atoms with Gasteiger partial charge < -0.3 is 10.4 Å². The lowest BCUT2D eigenvalue weighted by Gasteiger charge is -2.12. The van der Waals surface area contributed by atoms with Crippen molar-refractivity contribution in [2.75, 3.05) is 13.2 Å². The zero-order valence-corrected chi connectivity index (χ0v) is 6.60. The van der Waals surface area contributed by atoms with E-state index in [1.54, 1.807) is 6.92 Å². The number of halogens is 1. The first-order valence-electron chi connectivity index (χ1n) is 3.68. The fraction of sp³-hybridized carbons (Fsp3) is 1.00. The zero-order chi connectivity index (χ0) is 7.98. The van der Waals surface area contributed by atoms with Crippen LogP contribution in [0.1, 0.15) is 20.3 Å². The van der Waals surface area contributed by atoms with E-state index in [-0.39, 0.29) is 18.8 Å². The molecule has 3 heteroatoms. The van der Waals surface area contributed by atoms with E-state index in [4.69, 9.17) is 5.11 Å².